The molecule has 0 bridgehead atoms. The van der Waals surface area contributed by atoms with Crippen molar-refractivity contribution in [3.63, 3.8) is 0 Å². The maximum Gasteiger partial charge on any atom is 0.264 e. The van der Waals surface area contributed by atoms with Gasteiger partial charge in [0, 0.05) is 25.2 Å². The minimum Gasteiger partial charge on any atom is -0.497 e. The van der Waals surface area contributed by atoms with Gasteiger partial charge in [-0.05, 0) is 24.4 Å². The monoisotopic (exact) mass is 245 g/mol. The van der Waals surface area contributed by atoms with E-state index in [-0.39, 0.29) is 0 Å². The summed E-state index contributed by atoms with van der Waals surface area (Å²) in [5.41, 5.74) is 0. The summed E-state index contributed by atoms with van der Waals surface area (Å²) in [6.45, 7) is 0. The molecule has 0 aromatic heterocycles. The summed E-state index contributed by atoms with van der Waals surface area (Å²) < 4.78 is 10.4. The maximum absolute atomic E-state index is 5.87. The van der Waals surface area contributed by atoms with Crippen LogP contribution >= 0.6 is 23.8 Å². The fraction of sp³-hybridized carbons (Fsp3) is 0.300. The number of nitrogens with zero attached hydrogens (tertiary/aromatic N) is 1. The van der Waals surface area contributed by atoms with Crippen LogP contribution in [0.1, 0.15) is 0 Å². The van der Waals surface area contributed by atoms with E-state index in [9.17, 15) is 0 Å². The Kier molecular flexibility index (Phi) is 4.17. The molecule has 1 aromatic rings. The SMILES string of the molecule is COc1cc(Cl)cc(OC(=S)N(C)C)c1. The minimum atomic E-state index is 0.374. The van der Waals surface area contributed by atoms with Gasteiger partial charge in [-0.15, -0.1) is 0 Å². The molecule has 5 heteroatoms. The highest BCUT2D eigenvalue weighted by atomic mass is 35.5. The van der Waals surface area contributed by atoms with Crippen LogP contribution < -0.4 is 9.47 Å². The molecule has 0 radical (unpaired) electrons. The zero-order valence-corrected chi connectivity index (χ0v) is 10.4. The quantitative estimate of drug-likeness (QED) is 0.747. The third-order valence-electron chi connectivity index (χ3n) is 1.65. The average molecular weight is 246 g/mol. The topological polar surface area (TPSA) is 21.7 Å². The highest BCUT2D eigenvalue weighted by molar-refractivity contribution is 7.80. The standard InChI is InChI=1S/C10H12ClNO2S/c1-12(2)10(15)14-9-5-7(11)4-8(6-9)13-3/h4-6H,1-3H3. The first-order valence-electron chi connectivity index (χ1n) is 4.26. The summed E-state index contributed by atoms with van der Waals surface area (Å²) in [6, 6.07) is 5.11. The lowest BCUT2D eigenvalue weighted by Crippen LogP contribution is -2.24. The van der Waals surface area contributed by atoms with E-state index in [2.05, 4.69) is 0 Å². The van der Waals surface area contributed by atoms with Crippen LogP contribution in [0.5, 0.6) is 11.5 Å². The van der Waals surface area contributed by atoms with Crippen LogP contribution in [-0.2, 0) is 0 Å². The lowest BCUT2D eigenvalue weighted by molar-refractivity contribution is 0.408. The van der Waals surface area contributed by atoms with E-state index >= 15 is 0 Å². The molecule has 15 heavy (non-hydrogen) atoms. The highest BCUT2D eigenvalue weighted by Crippen LogP contribution is 2.25. The van der Waals surface area contributed by atoms with Gasteiger partial charge in [-0.25, -0.2) is 0 Å². The molecule has 0 unspecified atom stereocenters. The Morgan fingerprint density at radius 1 is 1.27 bits per heavy atom. The second kappa shape index (κ2) is 5.19. The van der Waals surface area contributed by atoms with E-state index in [0.717, 1.165) is 0 Å². The van der Waals surface area contributed by atoms with E-state index in [1.165, 1.54) is 0 Å². The Hall–Kier alpha value is -1.00. The Morgan fingerprint density at radius 3 is 2.40 bits per heavy atom. The Morgan fingerprint density at radius 2 is 1.87 bits per heavy atom. The first-order valence-corrected chi connectivity index (χ1v) is 5.05. The summed E-state index contributed by atoms with van der Waals surface area (Å²) in [5, 5.41) is 0.922. The molecule has 82 valence electrons. The second-order valence-corrected chi connectivity index (χ2v) is 3.87. The Balaban J connectivity index is 2.85. The minimum absolute atomic E-state index is 0.374. The van der Waals surface area contributed by atoms with E-state index in [1.807, 2.05) is 14.1 Å². The van der Waals surface area contributed by atoms with Gasteiger partial charge in [-0.3, -0.25) is 0 Å². The van der Waals surface area contributed by atoms with Gasteiger partial charge in [0.1, 0.15) is 11.5 Å². The molecule has 0 aliphatic carbocycles. The summed E-state index contributed by atoms with van der Waals surface area (Å²) in [6.07, 6.45) is 0. The first-order chi connectivity index (χ1) is 7.02. The van der Waals surface area contributed by atoms with Gasteiger partial charge in [0.25, 0.3) is 5.17 Å². The van der Waals surface area contributed by atoms with Crippen LogP contribution in [-0.4, -0.2) is 31.3 Å². The number of ether oxygens (including phenoxy) is 2. The van der Waals surface area contributed by atoms with E-state index in [1.54, 1.807) is 30.2 Å². The van der Waals surface area contributed by atoms with Crippen LogP contribution in [0.4, 0.5) is 0 Å². The smallest absolute Gasteiger partial charge is 0.264 e. The van der Waals surface area contributed by atoms with Gasteiger partial charge < -0.3 is 14.4 Å². The van der Waals surface area contributed by atoms with Crippen LogP contribution in [0.2, 0.25) is 5.02 Å². The van der Waals surface area contributed by atoms with Crippen molar-refractivity contribution in [1.82, 2.24) is 4.90 Å². The van der Waals surface area contributed by atoms with Crippen molar-refractivity contribution in [2.75, 3.05) is 21.2 Å². The van der Waals surface area contributed by atoms with Gasteiger partial charge >= 0.3 is 0 Å². The third-order valence-corrected chi connectivity index (χ3v) is 2.32. The number of halogens is 1. The molecule has 0 saturated heterocycles. The lowest BCUT2D eigenvalue weighted by atomic mass is 10.3. The number of rotatable bonds is 2. The molecule has 0 amide bonds. The van der Waals surface area contributed by atoms with Crippen molar-refractivity contribution in [3.8, 4) is 11.5 Å². The third kappa shape index (κ3) is 3.57. The van der Waals surface area contributed by atoms with Gasteiger partial charge in [0.2, 0.25) is 0 Å². The normalized spacial score (nSPS) is 9.60. The van der Waals surface area contributed by atoms with Crippen LogP contribution in [0.25, 0.3) is 0 Å². The van der Waals surface area contributed by atoms with E-state index in [4.69, 9.17) is 33.3 Å². The molecule has 0 heterocycles. The van der Waals surface area contributed by atoms with Crippen molar-refractivity contribution in [2.24, 2.45) is 0 Å². The number of methoxy groups -OCH3 is 1. The van der Waals surface area contributed by atoms with Crippen molar-refractivity contribution >= 4 is 29.0 Å². The van der Waals surface area contributed by atoms with Gasteiger partial charge in [-0.2, -0.15) is 0 Å². The zero-order valence-electron chi connectivity index (χ0n) is 8.78. The van der Waals surface area contributed by atoms with Crippen molar-refractivity contribution in [3.05, 3.63) is 23.2 Å². The molecular weight excluding hydrogens is 234 g/mol. The van der Waals surface area contributed by atoms with E-state index < -0.39 is 0 Å². The number of hydrogen-bond acceptors (Lipinski definition) is 3. The second-order valence-electron chi connectivity index (χ2n) is 3.09. The molecule has 0 atom stereocenters. The fourth-order valence-corrected chi connectivity index (χ4v) is 1.22. The number of benzene rings is 1. The molecule has 0 aliphatic heterocycles. The van der Waals surface area contributed by atoms with Crippen LogP contribution in [0, 0.1) is 0 Å². The summed E-state index contributed by atoms with van der Waals surface area (Å²) >= 11 is 10.9. The van der Waals surface area contributed by atoms with Crippen molar-refractivity contribution in [2.45, 2.75) is 0 Å². The molecule has 3 nitrogen and oxygen atoms in total. The number of hydrogen-bond donors (Lipinski definition) is 0. The summed E-state index contributed by atoms with van der Waals surface area (Å²) in [5.74, 6) is 1.21. The molecule has 0 spiro atoms. The predicted molar refractivity (Wildman–Crippen MR) is 64.9 cm³/mol. The molecule has 0 N–H and O–H groups in total. The largest absolute Gasteiger partial charge is 0.497 e. The maximum atomic E-state index is 5.87. The Bertz CT molecular complexity index is 368. The van der Waals surface area contributed by atoms with E-state index in [0.29, 0.717) is 21.7 Å². The molecule has 1 aromatic carbocycles. The molecule has 1 rings (SSSR count). The van der Waals surface area contributed by atoms with Gasteiger partial charge in [0.05, 0.1) is 7.11 Å². The molecule has 0 aliphatic rings. The van der Waals surface area contributed by atoms with Crippen molar-refractivity contribution < 1.29 is 9.47 Å². The zero-order chi connectivity index (χ0) is 11.4. The average Bonchev–Trinajstić information content (AvgIpc) is 2.16. The molecule has 0 saturated carbocycles. The van der Waals surface area contributed by atoms with Crippen LogP contribution in [0.15, 0.2) is 18.2 Å². The Labute approximate surface area is 99.5 Å². The summed E-state index contributed by atoms with van der Waals surface area (Å²) in [7, 11) is 5.19. The van der Waals surface area contributed by atoms with Crippen LogP contribution in [0.3, 0.4) is 0 Å². The predicted octanol–water partition coefficient (Wildman–Crippen LogP) is 2.57. The molecule has 0 fully saturated rings. The highest BCUT2D eigenvalue weighted by Gasteiger charge is 2.05. The molecular formula is C10H12ClNO2S. The number of thiocarbonyl (C=S) groups is 1. The van der Waals surface area contributed by atoms with Crippen molar-refractivity contribution in [1.29, 1.82) is 0 Å². The first kappa shape index (κ1) is 12.1. The lowest BCUT2D eigenvalue weighted by Gasteiger charge is -2.14. The van der Waals surface area contributed by atoms with Gasteiger partial charge in [0.15, 0.2) is 0 Å². The van der Waals surface area contributed by atoms with Gasteiger partial charge in [-0.1, -0.05) is 11.6 Å². The summed E-state index contributed by atoms with van der Waals surface area (Å²) in [4.78, 5) is 1.70. The fourth-order valence-electron chi connectivity index (χ4n) is 0.906.